The molecule has 1 fully saturated rings. The van der Waals surface area contributed by atoms with Gasteiger partial charge in [-0.05, 0) is 68.9 Å². The molecule has 0 aliphatic heterocycles. The third-order valence-corrected chi connectivity index (χ3v) is 5.99. The third-order valence-electron chi connectivity index (χ3n) is 5.99. The highest BCUT2D eigenvalue weighted by molar-refractivity contribution is 5.95. The smallest absolute Gasteiger partial charge is 0.228 e. The molecular weight excluding hydrogens is 386 g/mol. The van der Waals surface area contributed by atoms with Gasteiger partial charge in [-0.15, -0.1) is 0 Å². The van der Waals surface area contributed by atoms with Crippen molar-refractivity contribution in [3.63, 3.8) is 0 Å². The molecule has 164 valence electrons. The Morgan fingerprint density at radius 3 is 2.52 bits per heavy atom. The van der Waals surface area contributed by atoms with E-state index >= 15 is 0 Å². The van der Waals surface area contributed by atoms with E-state index in [1.54, 1.807) is 6.20 Å². The lowest BCUT2D eigenvalue weighted by Gasteiger charge is -2.16. The highest BCUT2D eigenvalue weighted by atomic mass is 16.3. The predicted octanol–water partition coefficient (Wildman–Crippen LogP) is 5.68. The standard InChI is InChI=1S/C26H33N3O2/c1-6-16(3)23(18(5)15-30)10-17(4)22(7-2)24-11-20-14-28-25(12-21(20)13-27-24)29-26(31)19-8-9-19/h7,10-14,18-19,30H,6,8-9,15H2,1-5H3,(H,28,29,31)/b17-10-,22-7+,23-16-. The van der Waals surface area contributed by atoms with E-state index in [2.05, 4.69) is 48.2 Å². The van der Waals surface area contributed by atoms with Crippen molar-refractivity contribution in [3.8, 4) is 0 Å². The van der Waals surface area contributed by atoms with Crippen molar-refractivity contribution >= 4 is 28.1 Å². The van der Waals surface area contributed by atoms with Gasteiger partial charge in [-0.2, -0.15) is 0 Å². The summed E-state index contributed by atoms with van der Waals surface area (Å²) in [6.07, 6.45) is 10.8. The number of aliphatic hydroxyl groups is 1. The molecule has 5 nitrogen and oxygen atoms in total. The summed E-state index contributed by atoms with van der Waals surface area (Å²) in [7, 11) is 0. The maximum atomic E-state index is 12.0. The molecule has 1 aliphatic rings. The number of fused-ring (bicyclic) bond motifs is 1. The number of rotatable bonds is 8. The lowest BCUT2D eigenvalue weighted by atomic mass is 9.91. The molecule has 1 atom stereocenters. The molecule has 1 aliphatic carbocycles. The highest BCUT2D eigenvalue weighted by Crippen LogP contribution is 2.31. The normalized spacial score (nSPS) is 16.8. The van der Waals surface area contributed by atoms with Crippen LogP contribution in [0.4, 0.5) is 5.82 Å². The van der Waals surface area contributed by atoms with Gasteiger partial charge in [-0.3, -0.25) is 9.78 Å². The molecule has 2 heterocycles. The van der Waals surface area contributed by atoms with Crippen LogP contribution in [-0.4, -0.2) is 27.6 Å². The monoisotopic (exact) mass is 419 g/mol. The summed E-state index contributed by atoms with van der Waals surface area (Å²) in [4.78, 5) is 21.1. The molecule has 31 heavy (non-hydrogen) atoms. The van der Waals surface area contributed by atoms with Crippen LogP contribution in [0.15, 0.2) is 53.4 Å². The number of nitrogens with zero attached hydrogens (tertiary/aromatic N) is 2. The number of carbonyl (C=O) groups is 1. The zero-order chi connectivity index (χ0) is 22.5. The van der Waals surface area contributed by atoms with Gasteiger partial charge in [0.1, 0.15) is 5.82 Å². The number of hydrogen-bond donors (Lipinski definition) is 2. The number of pyridine rings is 2. The summed E-state index contributed by atoms with van der Waals surface area (Å²) in [6.45, 7) is 10.5. The summed E-state index contributed by atoms with van der Waals surface area (Å²) in [6, 6.07) is 3.91. The quantitative estimate of drug-likeness (QED) is 0.540. The first-order valence-electron chi connectivity index (χ1n) is 11.1. The second kappa shape index (κ2) is 10.0. The molecule has 0 bridgehead atoms. The Morgan fingerprint density at radius 2 is 1.90 bits per heavy atom. The highest BCUT2D eigenvalue weighted by Gasteiger charge is 2.29. The summed E-state index contributed by atoms with van der Waals surface area (Å²) in [5.74, 6) is 0.862. The molecule has 2 aromatic rings. The molecule has 1 amide bonds. The van der Waals surface area contributed by atoms with Crippen LogP contribution in [0.2, 0.25) is 0 Å². The van der Waals surface area contributed by atoms with Crippen molar-refractivity contribution in [1.29, 1.82) is 0 Å². The predicted molar refractivity (Wildman–Crippen MR) is 128 cm³/mol. The summed E-state index contributed by atoms with van der Waals surface area (Å²) in [5.41, 5.74) is 5.51. The minimum atomic E-state index is 0.0525. The topological polar surface area (TPSA) is 75.1 Å². The molecule has 0 aromatic carbocycles. The van der Waals surface area contributed by atoms with Gasteiger partial charge in [0.05, 0.1) is 5.69 Å². The third kappa shape index (κ3) is 5.47. The number of amides is 1. The first-order valence-corrected chi connectivity index (χ1v) is 11.1. The maximum Gasteiger partial charge on any atom is 0.228 e. The van der Waals surface area contributed by atoms with Gasteiger partial charge >= 0.3 is 0 Å². The molecular formula is C26H33N3O2. The molecule has 5 heteroatoms. The molecule has 1 unspecified atom stereocenters. The van der Waals surface area contributed by atoms with Crippen LogP contribution in [0, 0.1) is 11.8 Å². The van der Waals surface area contributed by atoms with E-state index < -0.39 is 0 Å². The fourth-order valence-corrected chi connectivity index (χ4v) is 3.70. The Labute approximate surface area is 185 Å². The zero-order valence-corrected chi connectivity index (χ0v) is 19.2. The molecule has 2 aromatic heterocycles. The van der Waals surface area contributed by atoms with E-state index in [-0.39, 0.29) is 24.3 Å². The zero-order valence-electron chi connectivity index (χ0n) is 19.2. The van der Waals surface area contributed by atoms with Gasteiger partial charge in [0, 0.05) is 41.6 Å². The molecule has 0 saturated heterocycles. The van der Waals surface area contributed by atoms with Crippen LogP contribution in [-0.2, 0) is 4.79 Å². The minimum Gasteiger partial charge on any atom is -0.396 e. The fourth-order valence-electron chi connectivity index (χ4n) is 3.70. The number of hydrogen-bond acceptors (Lipinski definition) is 4. The minimum absolute atomic E-state index is 0.0525. The first-order chi connectivity index (χ1) is 14.9. The van der Waals surface area contributed by atoms with Crippen molar-refractivity contribution in [2.75, 3.05) is 11.9 Å². The Morgan fingerprint density at radius 1 is 1.23 bits per heavy atom. The van der Waals surface area contributed by atoms with Crippen molar-refractivity contribution in [1.82, 2.24) is 9.97 Å². The van der Waals surface area contributed by atoms with Gasteiger partial charge in [-0.1, -0.05) is 31.6 Å². The largest absolute Gasteiger partial charge is 0.396 e. The summed E-state index contributed by atoms with van der Waals surface area (Å²) >= 11 is 0. The number of anilines is 1. The SMILES string of the molecule is C\C=C(/C(C)=C\C(=C(/C)CC)C(C)CO)c1cc2cnc(NC(=O)C3CC3)cc2cn1. The van der Waals surface area contributed by atoms with Crippen molar-refractivity contribution in [2.24, 2.45) is 11.8 Å². The number of allylic oxidation sites excluding steroid dienone is 5. The van der Waals surface area contributed by atoms with Crippen LogP contribution in [0.3, 0.4) is 0 Å². The van der Waals surface area contributed by atoms with Crippen LogP contribution in [0.5, 0.6) is 0 Å². The van der Waals surface area contributed by atoms with Gasteiger partial charge in [0.2, 0.25) is 5.91 Å². The van der Waals surface area contributed by atoms with Crippen molar-refractivity contribution < 1.29 is 9.90 Å². The Balaban J connectivity index is 1.90. The summed E-state index contributed by atoms with van der Waals surface area (Å²) < 4.78 is 0. The van der Waals surface area contributed by atoms with Gasteiger partial charge < -0.3 is 10.4 Å². The number of aliphatic hydroxyl groups excluding tert-OH is 1. The van der Waals surface area contributed by atoms with E-state index in [1.807, 2.05) is 32.2 Å². The fraction of sp³-hybridized carbons (Fsp3) is 0.423. The number of nitrogens with one attached hydrogen (secondary N) is 1. The Bertz CT molecular complexity index is 1060. The first kappa shape index (κ1) is 22.9. The number of carbonyl (C=O) groups excluding carboxylic acids is 1. The molecule has 1 saturated carbocycles. The van der Waals surface area contributed by atoms with E-state index in [4.69, 9.17) is 0 Å². The van der Waals surface area contributed by atoms with Crippen molar-refractivity contribution in [2.45, 2.75) is 53.9 Å². The van der Waals surface area contributed by atoms with Crippen LogP contribution < -0.4 is 5.32 Å². The van der Waals surface area contributed by atoms with Crippen LogP contribution >= 0.6 is 0 Å². The molecule has 0 radical (unpaired) electrons. The lowest BCUT2D eigenvalue weighted by Crippen LogP contribution is -2.14. The average molecular weight is 420 g/mol. The van der Waals surface area contributed by atoms with Gasteiger partial charge in [0.15, 0.2) is 0 Å². The van der Waals surface area contributed by atoms with Gasteiger partial charge in [-0.25, -0.2) is 4.98 Å². The maximum absolute atomic E-state index is 12.0. The van der Waals surface area contributed by atoms with E-state index in [0.29, 0.717) is 5.82 Å². The molecule has 0 spiro atoms. The molecule has 3 rings (SSSR count). The Kier molecular flexibility index (Phi) is 7.39. The van der Waals surface area contributed by atoms with E-state index in [1.165, 1.54) is 11.1 Å². The number of aromatic nitrogens is 2. The van der Waals surface area contributed by atoms with Gasteiger partial charge in [0.25, 0.3) is 0 Å². The Hall–Kier alpha value is -2.79. The summed E-state index contributed by atoms with van der Waals surface area (Å²) in [5, 5.41) is 14.5. The van der Waals surface area contributed by atoms with Crippen molar-refractivity contribution in [3.05, 3.63) is 59.1 Å². The molecule has 2 N–H and O–H groups in total. The second-order valence-corrected chi connectivity index (χ2v) is 8.45. The van der Waals surface area contributed by atoms with E-state index in [0.717, 1.165) is 46.9 Å². The average Bonchev–Trinajstić information content (AvgIpc) is 3.62. The second-order valence-electron chi connectivity index (χ2n) is 8.45. The van der Waals surface area contributed by atoms with Crippen LogP contribution in [0.25, 0.3) is 16.3 Å². The van der Waals surface area contributed by atoms with E-state index in [9.17, 15) is 9.90 Å². The van der Waals surface area contributed by atoms with Crippen LogP contribution in [0.1, 0.15) is 59.6 Å². The lowest BCUT2D eigenvalue weighted by molar-refractivity contribution is -0.117.